The van der Waals surface area contributed by atoms with Gasteiger partial charge in [-0.2, -0.15) is 13.5 Å². The largest absolute Gasteiger partial charge is 0.326 e. The van der Waals surface area contributed by atoms with E-state index in [1.165, 1.54) is 10.5 Å². The lowest BCUT2D eigenvalue weighted by atomic mass is 10.1. The lowest BCUT2D eigenvalue weighted by Gasteiger charge is -2.24. The summed E-state index contributed by atoms with van der Waals surface area (Å²) in [6.07, 6.45) is 4.18. The summed E-state index contributed by atoms with van der Waals surface area (Å²) in [5.41, 5.74) is 7.93. The first kappa shape index (κ1) is 14.1. The molecule has 1 aromatic carbocycles. The molecule has 3 rings (SSSR count). The van der Waals surface area contributed by atoms with E-state index in [4.69, 9.17) is 5.73 Å². The normalized spacial score (nSPS) is 15.6. The molecule has 0 saturated carbocycles. The van der Waals surface area contributed by atoms with Crippen molar-refractivity contribution in [2.24, 2.45) is 5.73 Å². The molecule has 2 heterocycles. The second-order valence-corrected chi connectivity index (χ2v) is 6.89. The fourth-order valence-corrected chi connectivity index (χ4v) is 4.35. The Hall–Kier alpha value is -1.86. The van der Waals surface area contributed by atoms with Gasteiger partial charge in [0.1, 0.15) is 0 Å². The molecular formula is C14H18N4O2S. The molecule has 1 aliphatic heterocycles. The number of H-pyrrole nitrogens is 1. The summed E-state index contributed by atoms with van der Waals surface area (Å²) < 4.78 is 27.4. The van der Waals surface area contributed by atoms with E-state index in [0.29, 0.717) is 12.1 Å². The van der Waals surface area contributed by atoms with E-state index in [1.807, 2.05) is 24.3 Å². The van der Waals surface area contributed by atoms with Crippen LogP contribution in [-0.4, -0.2) is 25.2 Å². The third kappa shape index (κ3) is 2.43. The van der Waals surface area contributed by atoms with Crippen LogP contribution in [0.3, 0.4) is 0 Å². The van der Waals surface area contributed by atoms with Gasteiger partial charge in [-0.3, -0.25) is 9.40 Å². The number of aromatic nitrogens is 2. The van der Waals surface area contributed by atoms with Gasteiger partial charge in [0.2, 0.25) is 0 Å². The van der Waals surface area contributed by atoms with Crippen LogP contribution in [-0.2, 0) is 23.0 Å². The highest BCUT2D eigenvalue weighted by molar-refractivity contribution is 7.92. The molecule has 3 N–H and O–H groups in total. The van der Waals surface area contributed by atoms with Gasteiger partial charge < -0.3 is 5.73 Å². The first-order valence-corrected chi connectivity index (χ1v) is 8.41. The number of nitrogens with one attached hydrogen (secondary N) is 1. The van der Waals surface area contributed by atoms with Crippen molar-refractivity contribution in [2.75, 3.05) is 10.8 Å². The minimum atomic E-state index is -3.66. The van der Waals surface area contributed by atoms with Gasteiger partial charge in [0.05, 0.1) is 11.9 Å². The molecule has 0 radical (unpaired) electrons. The van der Waals surface area contributed by atoms with Crippen LogP contribution in [0, 0.1) is 0 Å². The average molecular weight is 306 g/mol. The van der Waals surface area contributed by atoms with Crippen LogP contribution >= 0.6 is 0 Å². The zero-order valence-corrected chi connectivity index (χ0v) is 12.4. The molecule has 1 aliphatic rings. The quantitative estimate of drug-likeness (QED) is 0.896. The lowest BCUT2D eigenvalue weighted by Crippen LogP contribution is -2.33. The molecule has 7 heteroatoms. The fraction of sp³-hybridized carbons (Fsp3) is 0.357. The summed E-state index contributed by atoms with van der Waals surface area (Å²) in [6, 6.07) is 7.65. The Morgan fingerprint density at radius 2 is 2.10 bits per heavy atom. The predicted molar refractivity (Wildman–Crippen MR) is 80.4 cm³/mol. The van der Waals surface area contributed by atoms with Crippen LogP contribution in [0.5, 0.6) is 0 Å². The van der Waals surface area contributed by atoms with Gasteiger partial charge in [-0.25, -0.2) is 0 Å². The van der Waals surface area contributed by atoms with E-state index in [1.54, 1.807) is 0 Å². The Bertz CT molecular complexity index is 739. The second kappa shape index (κ2) is 5.50. The summed E-state index contributed by atoms with van der Waals surface area (Å²) in [5, 5.41) is 6.51. The average Bonchev–Trinajstić information content (AvgIpc) is 2.87. The Labute approximate surface area is 124 Å². The predicted octanol–water partition coefficient (Wildman–Crippen LogP) is 1.40. The molecule has 0 spiro atoms. The summed E-state index contributed by atoms with van der Waals surface area (Å²) in [6.45, 7) is 0.614. The maximum absolute atomic E-state index is 12.9. The number of rotatable bonds is 3. The second-order valence-electron chi connectivity index (χ2n) is 5.09. The minimum absolute atomic E-state index is 0.0988. The standard InChI is InChI=1S/C14H18N4O2S/c15-9-12-10-16-17-14(12)21(19,20)18-8-4-3-6-11-5-1-2-7-13(11)18/h1-2,5,7,10H,3-4,6,8-9,15H2,(H,16,17). The van der Waals surface area contributed by atoms with Gasteiger partial charge in [0, 0.05) is 18.7 Å². The highest BCUT2D eigenvalue weighted by Gasteiger charge is 2.30. The molecule has 2 aromatic rings. The number of nitrogens with zero attached hydrogens (tertiary/aromatic N) is 2. The molecule has 1 aromatic heterocycles. The Morgan fingerprint density at radius 1 is 1.29 bits per heavy atom. The SMILES string of the molecule is NCc1cn[nH]c1S(=O)(=O)N1CCCCc2ccccc21. The highest BCUT2D eigenvalue weighted by Crippen LogP contribution is 2.31. The number of hydrogen-bond donors (Lipinski definition) is 2. The number of aryl methyl sites for hydroxylation is 1. The van der Waals surface area contributed by atoms with Crippen molar-refractivity contribution >= 4 is 15.7 Å². The first-order valence-electron chi connectivity index (χ1n) is 6.97. The van der Waals surface area contributed by atoms with Crippen LogP contribution in [0.1, 0.15) is 24.0 Å². The van der Waals surface area contributed by atoms with E-state index < -0.39 is 10.0 Å². The molecule has 21 heavy (non-hydrogen) atoms. The van der Waals surface area contributed by atoms with Gasteiger partial charge in [0.25, 0.3) is 10.0 Å². The van der Waals surface area contributed by atoms with Gasteiger partial charge in [-0.15, -0.1) is 0 Å². The van der Waals surface area contributed by atoms with Crippen molar-refractivity contribution in [3.05, 3.63) is 41.6 Å². The lowest BCUT2D eigenvalue weighted by molar-refractivity contribution is 0.584. The number of aromatic amines is 1. The highest BCUT2D eigenvalue weighted by atomic mass is 32.2. The zero-order valence-electron chi connectivity index (χ0n) is 11.6. The number of fused-ring (bicyclic) bond motifs is 1. The molecule has 0 amide bonds. The topological polar surface area (TPSA) is 92.1 Å². The number of benzene rings is 1. The van der Waals surface area contributed by atoms with Crippen LogP contribution in [0.2, 0.25) is 0 Å². The van der Waals surface area contributed by atoms with Crippen molar-refractivity contribution in [3.8, 4) is 0 Å². The molecule has 0 fully saturated rings. The van der Waals surface area contributed by atoms with Crippen LogP contribution in [0.4, 0.5) is 5.69 Å². The maximum Gasteiger partial charge on any atom is 0.281 e. The third-order valence-electron chi connectivity index (χ3n) is 3.76. The fourth-order valence-electron chi connectivity index (χ4n) is 2.68. The molecule has 6 nitrogen and oxygen atoms in total. The number of para-hydroxylation sites is 1. The number of sulfonamides is 1. The van der Waals surface area contributed by atoms with Crippen LogP contribution in [0.25, 0.3) is 0 Å². The van der Waals surface area contributed by atoms with Gasteiger partial charge in [-0.1, -0.05) is 18.2 Å². The Morgan fingerprint density at radius 3 is 2.90 bits per heavy atom. The van der Waals surface area contributed by atoms with Crippen molar-refractivity contribution in [2.45, 2.75) is 30.8 Å². The summed E-state index contributed by atoms with van der Waals surface area (Å²) in [7, 11) is -3.66. The van der Waals surface area contributed by atoms with E-state index in [9.17, 15) is 8.42 Å². The summed E-state index contributed by atoms with van der Waals surface area (Å²) in [4.78, 5) is 0. The van der Waals surface area contributed by atoms with E-state index in [-0.39, 0.29) is 11.6 Å². The molecule has 0 aliphatic carbocycles. The van der Waals surface area contributed by atoms with Crippen LogP contribution < -0.4 is 10.0 Å². The maximum atomic E-state index is 12.9. The molecule has 0 unspecified atom stereocenters. The molecule has 0 atom stereocenters. The van der Waals surface area contributed by atoms with Crippen LogP contribution in [0.15, 0.2) is 35.5 Å². The van der Waals surface area contributed by atoms with E-state index in [2.05, 4.69) is 10.2 Å². The molecule has 112 valence electrons. The molecule has 0 bridgehead atoms. The first-order chi connectivity index (χ1) is 10.1. The molecule has 0 saturated heterocycles. The third-order valence-corrected chi connectivity index (χ3v) is 5.59. The van der Waals surface area contributed by atoms with Crippen molar-refractivity contribution in [3.63, 3.8) is 0 Å². The van der Waals surface area contributed by atoms with Gasteiger partial charge in [0.15, 0.2) is 5.03 Å². The van der Waals surface area contributed by atoms with Gasteiger partial charge in [-0.05, 0) is 30.9 Å². The Balaban J connectivity index is 2.11. The number of hydrogen-bond acceptors (Lipinski definition) is 4. The zero-order chi connectivity index (χ0) is 14.9. The minimum Gasteiger partial charge on any atom is -0.326 e. The number of nitrogens with two attached hydrogens (primary N) is 1. The van der Waals surface area contributed by atoms with E-state index in [0.717, 1.165) is 30.5 Å². The van der Waals surface area contributed by atoms with E-state index >= 15 is 0 Å². The summed E-state index contributed by atoms with van der Waals surface area (Å²) >= 11 is 0. The van der Waals surface area contributed by atoms with Crippen molar-refractivity contribution in [1.29, 1.82) is 0 Å². The smallest absolute Gasteiger partial charge is 0.281 e. The van der Waals surface area contributed by atoms with Crippen molar-refractivity contribution < 1.29 is 8.42 Å². The van der Waals surface area contributed by atoms with Crippen molar-refractivity contribution in [1.82, 2.24) is 10.2 Å². The number of anilines is 1. The monoisotopic (exact) mass is 306 g/mol. The Kier molecular flexibility index (Phi) is 3.69. The molecular weight excluding hydrogens is 288 g/mol. The summed E-state index contributed by atoms with van der Waals surface area (Å²) in [5.74, 6) is 0. The van der Waals surface area contributed by atoms with Gasteiger partial charge >= 0.3 is 0 Å².